The molecule has 0 aromatic rings. The second-order valence-electron chi connectivity index (χ2n) is 2.24. The standard InChI is InChI=1S/5C2H6N.Mo/c5*1-3-2;/h5*1-2H3;/q5*-1;. The molecule has 16 heavy (non-hydrogen) atoms. The Bertz CT molecular complexity index is 30.8. The predicted octanol–water partition coefficient (Wildman–Crippen LogP) is 3.10. The van der Waals surface area contributed by atoms with Crippen molar-refractivity contribution < 1.29 is 21.1 Å². The molecule has 0 spiro atoms. The van der Waals surface area contributed by atoms with E-state index in [2.05, 4.69) is 26.6 Å². The van der Waals surface area contributed by atoms with Gasteiger partial charge in [-0.3, -0.25) is 0 Å². The third kappa shape index (κ3) is 11100. The summed E-state index contributed by atoms with van der Waals surface area (Å²) in [6, 6.07) is 0. The van der Waals surface area contributed by atoms with Gasteiger partial charge in [0.1, 0.15) is 0 Å². The Hall–Kier alpha value is 0.488. The maximum absolute atomic E-state index is 3.50. The molecular formula is C10H30MoN5-5. The molecule has 0 fully saturated rings. The van der Waals surface area contributed by atoms with Gasteiger partial charge in [0.05, 0.1) is 0 Å². The van der Waals surface area contributed by atoms with Crippen molar-refractivity contribution in [2.45, 2.75) is 0 Å². The van der Waals surface area contributed by atoms with Crippen molar-refractivity contribution in [3.05, 3.63) is 26.6 Å². The zero-order valence-electron chi connectivity index (χ0n) is 12.6. The maximum Gasteiger partial charge on any atom is 0 e. The molecule has 0 aliphatic carbocycles. The molecule has 0 aromatic heterocycles. The van der Waals surface area contributed by atoms with Gasteiger partial charge in [0.15, 0.2) is 0 Å². The van der Waals surface area contributed by atoms with Crippen LogP contribution in [-0.4, -0.2) is 70.5 Å². The van der Waals surface area contributed by atoms with Gasteiger partial charge in [-0.2, -0.15) is 70.5 Å². The van der Waals surface area contributed by atoms with Crippen LogP contribution in [0.2, 0.25) is 0 Å². The van der Waals surface area contributed by atoms with E-state index in [1.807, 2.05) is 0 Å². The van der Waals surface area contributed by atoms with Crippen LogP contribution in [0.4, 0.5) is 0 Å². The van der Waals surface area contributed by atoms with Gasteiger partial charge in [0.2, 0.25) is 0 Å². The molecule has 0 unspecified atom stereocenters. The quantitative estimate of drug-likeness (QED) is 0.616. The molecule has 0 rings (SSSR count). The summed E-state index contributed by atoms with van der Waals surface area (Å²) in [5.74, 6) is 0. The van der Waals surface area contributed by atoms with E-state index in [1.165, 1.54) is 0 Å². The summed E-state index contributed by atoms with van der Waals surface area (Å²) >= 11 is 0. The van der Waals surface area contributed by atoms with Crippen LogP contribution in [-0.2, 0) is 21.1 Å². The first-order valence-electron chi connectivity index (χ1n) is 4.47. The fraction of sp³-hybridized carbons (Fsp3) is 1.00. The normalized spacial score (nSPS) is 5.62. The fourth-order valence-corrected chi connectivity index (χ4v) is 0. The van der Waals surface area contributed by atoms with Crippen molar-refractivity contribution in [3.63, 3.8) is 0 Å². The van der Waals surface area contributed by atoms with Crippen molar-refractivity contribution in [2.75, 3.05) is 70.5 Å². The summed E-state index contributed by atoms with van der Waals surface area (Å²) < 4.78 is 0. The zero-order valence-corrected chi connectivity index (χ0v) is 14.7. The maximum atomic E-state index is 3.50. The topological polar surface area (TPSA) is 70.5 Å². The second-order valence-corrected chi connectivity index (χ2v) is 2.24. The molecule has 6 heteroatoms. The summed E-state index contributed by atoms with van der Waals surface area (Å²) in [7, 11) is 17.5. The van der Waals surface area contributed by atoms with Gasteiger partial charge in [-0.15, -0.1) is 0 Å². The van der Waals surface area contributed by atoms with Crippen LogP contribution in [0, 0.1) is 0 Å². The fourth-order valence-electron chi connectivity index (χ4n) is 0. The molecule has 0 saturated heterocycles. The average Bonchev–Trinajstić information content (AvgIpc) is 2.09. The molecule has 106 valence electrons. The van der Waals surface area contributed by atoms with Gasteiger partial charge in [-0.25, -0.2) is 0 Å². The van der Waals surface area contributed by atoms with Gasteiger partial charge in [-0.1, -0.05) is 0 Å². The van der Waals surface area contributed by atoms with E-state index in [0.717, 1.165) is 0 Å². The van der Waals surface area contributed by atoms with Crippen molar-refractivity contribution in [1.29, 1.82) is 0 Å². The molecule has 0 N–H and O–H groups in total. The van der Waals surface area contributed by atoms with Crippen LogP contribution in [0.1, 0.15) is 0 Å². The molecular weight excluding hydrogens is 286 g/mol. The Balaban J connectivity index is -0.0000000192. The molecule has 0 saturated carbocycles. The molecule has 0 heterocycles. The van der Waals surface area contributed by atoms with E-state index in [-0.39, 0.29) is 21.1 Å². The van der Waals surface area contributed by atoms with Crippen LogP contribution >= 0.6 is 0 Å². The van der Waals surface area contributed by atoms with Gasteiger partial charge >= 0.3 is 0 Å². The minimum atomic E-state index is 0. The Morgan fingerprint density at radius 2 is 0.312 bits per heavy atom. The SMILES string of the molecule is C[N-]C.C[N-]C.C[N-]C.C[N-]C.C[N-]C.[Mo]. The van der Waals surface area contributed by atoms with Gasteiger partial charge in [-0.05, 0) is 0 Å². The minimum Gasteiger partial charge on any atom is -0.668 e. The Morgan fingerprint density at radius 3 is 0.312 bits per heavy atom. The summed E-state index contributed by atoms with van der Waals surface area (Å²) in [6.45, 7) is 0. The van der Waals surface area contributed by atoms with E-state index in [1.54, 1.807) is 70.5 Å². The molecule has 0 bridgehead atoms. The van der Waals surface area contributed by atoms with Crippen LogP contribution in [0.5, 0.6) is 0 Å². The average molecular weight is 316 g/mol. The third-order valence-electron chi connectivity index (χ3n) is 0. The van der Waals surface area contributed by atoms with Crippen molar-refractivity contribution in [2.24, 2.45) is 0 Å². The van der Waals surface area contributed by atoms with E-state index >= 15 is 0 Å². The largest absolute Gasteiger partial charge is 0.668 e. The molecule has 0 aliphatic heterocycles. The van der Waals surface area contributed by atoms with Gasteiger partial charge in [0.25, 0.3) is 0 Å². The number of hydrogen-bond donors (Lipinski definition) is 0. The minimum absolute atomic E-state index is 0. The van der Waals surface area contributed by atoms with Crippen LogP contribution < -0.4 is 0 Å². The van der Waals surface area contributed by atoms with E-state index in [4.69, 9.17) is 0 Å². The molecule has 0 radical (unpaired) electrons. The summed E-state index contributed by atoms with van der Waals surface area (Å²) in [5, 5.41) is 17.5. The van der Waals surface area contributed by atoms with Gasteiger partial charge < -0.3 is 26.6 Å². The second kappa shape index (κ2) is 108. The Kier molecular flexibility index (Phi) is 243. The first-order valence-corrected chi connectivity index (χ1v) is 4.47. The first kappa shape index (κ1) is 36.0. The first-order chi connectivity index (χ1) is 7.07. The van der Waals surface area contributed by atoms with Crippen LogP contribution in [0.3, 0.4) is 0 Å². The van der Waals surface area contributed by atoms with Crippen molar-refractivity contribution in [1.82, 2.24) is 0 Å². The summed E-state index contributed by atoms with van der Waals surface area (Å²) in [6.07, 6.45) is 0. The van der Waals surface area contributed by atoms with Crippen LogP contribution in [0.15, 0.2) is 0 Å². The molecule has 0 amide bonds. The molecule has 5 nitrogen and oxygen atoms in total. The monoisotopic (exact) mass is 318 g/mol. The molecule has 0 aromatic carbocycles. The van der Waals surface area contributed by atoms with Crippen molar-refractivity contribution >= 4 is 0 Å². The molecule has 0 aliphatic rings. The number of rotatable bonds is 0. The zero-order chi connectivity index (χ0) is 13.5. The van der Waals surface area contributed by atoms with E-state index in [0.29, 0.717) is 0 Å². The Labute approximate surface area is 118 Å². The van der Waals surface area contributed by atoms with E-state index < -0.39 is 0 Å². The number of nitrogens with zero attached hydrogens (tertiary/aromatic N) is 5. The number of hydrogen-bond acceptors (Lipinski definition) is 0. The third-order valence-corrected chi connectivity index (χ3v) is 0. The van der Waals surface area contributed by atoms with Crippen molar-refractivity contribution in [3.8, 4) is 0 Å². The molecule has 0 atom stereocenters. The summed E-state index contributed by atoms with van der Waals surface area (Å²) in [4.78, 5) is 0. The summed E-state index contributed by atoms with van der Waals surface area (Å²) in [5.41, 5.74) is 0. The predicted molar refractivity (Wildman–Crippen MR) is 76.0 cm³/mol. The van der Waals surface area contributed by atoms with Gasteiger partial charge in [0, 0.05) is 21.1 Å². The smallest absolute Gasteiger partial charge is 0 e. The van der Waals surface area contributed by atoms with E-state index in [9.17, 15) is 0 Å². The van der Waals surface area contributed by atoms with Crippen LogP contribution in [0.25, 0.3) is 26.6 Å². The Morgan fingerprint density at radius 1 is 0.312 bits per heavy atom.